The van der Waals surface area contributed by atoms with E-state index in [1.165, 1.54) is 6.07 Å². The fourth-order valence-corrected chi connectivity index (χ4v) is 2.25. The van der Waals surface area contributed by atoms with Crippen molar-refractivity contribution in [2.75, 3.05) is 7.11 Å². The molecule has 0 radical (unpaired) electrons. The van der Waals surface area contributed by atoms with Crippen LogP contribution in [-0.4, -0.2) is 25.4 Å². The van der Waals surface area contributed by atoms with E-state index < -0.39 is 35.6 Å². The minimum Gasteiger partial charge on any atom is -0.465 e. The van der Waals surface area contributed by atoms with Crippen molar-refractivity contribution in [3.63, 3.8) is 0 Å². The fourth-order valence-electron chi connectivity index (χ4n) is 2.25. The lowest BCUT2D eigenvalue weighted by Crippen LogP contribution is -2.34. The zero-order valence-electron chi connectivity index (χ0n) is 13.5. The van der Waals surface area contributed by atoms with Crippen molar-refractivity contribution < 1.29 is 45.0 Å². The van der Waals surface area contributed by atoms with Crippen molar-refractivity contribution in [3.05, 3.63) is 59.4 Å². The van der Waals surface area contributed by atoms with E-state index in [9.17, 15) is 35.5 Å². The van der Waals surface area contributed by atoms with Gasteiger partial charge >= 0.3 is 18.3 Å². The number of hydrogen-bond acceptors (Lipinski definition) is 3. The predicted molar refractivity (Wildman–Crippen MR) is 79.1 cm³/mol. The van der Waals surface area contributed by atoms with Crippen LogP contribution in [0.2, 0.25) is 0 Å². The van der Waals surface area contributed by atoms with E-state index in [-0.39, 0.29) is 17.1 Å². The topological polar surface area (TPSA) is 35.5 Å². The molecule has 0 aliphatic heterocycles. The van der Waals surface area contributed by atoms with Crippen LogP contribution in [-0.2, 0) is 4.74 Å². The lowest BCUT2D eigenvalue weighted by atomic mass is 9.98. The summed E-state index contributed by atoms with van der Waals surface area (Å²) in [6.07, 6.45) is -11.0. The first kappa shape index (κ1) is 20.5. The summed E-state index contributed by atoms with van der Waals surface area (Å²) in [7, 11) is 1.10. The van der Waals surface area contributed by atoms with Crippen molar-refractivity contribution in [1.82, 2.24) is 0 Å². The molecule has 0 unspecified atom stereocenters. The molecule has 2 aromatic carbocycles. The maximum atomic E-state index is 13.9. The maximum absolute atomic E-state index is 13.9. The van der Waals surface area contributed by atoms with Crippen molar-refractivity contribution >= 4 is 5.97 Å². The van der Waals surface area contributed by atoms with Gasteiger partial charge in [-0.05, 0) is 35.9 Å². The SMILES string of the molecule is COC(=O)c1ccc(Oc2ccc(C(C(F)(F)F)C(F)(F)F)cc2)c(F)c1. The second-order valence-corrected chi connectivity index (χ2v) is 5.32. The zero-order chi connectivity index (χ0) is 20.4. The molecule has 0 bridgehead atoms. The Morgan fingerprint density at radius 3 is 1.93 bits per heavy atom. The standard InChI is InChI=1S/C17H11F7O3/c1-26-15(25)10-4-7-13(12(18)8-10)27-11-5-2-9(3-6-11)14(16(19,20)21)17(22,23)24/h2-8,14H,1H3. The molecule has 10 heteroatoms. The van der Waals surface area contributed by atoms with E-state index in [1.54, 1.807) is 0 Å². The van der Waals surface area contributed by atoms with Gasteiger partial charge in [0.25, 0.3) is 0 Å². The molecule has 0 heterocycles. The van der Waals surface area contributed by atoms with E-state index in [4.69, 9.17) is 4.74 Å². The van der Waals surface area contributed by atoms with Gasteiger partial charge in [-0.2, -0.15) is 26.3 Å². The van der Waals surface area contributed by atoms with Gasteiger partial charge in [0.05, 0.1) is 12.7 Å². The summed E-state index contributed by atoms with van der Waals surface area (Å²) in [5.41, 5.74) is -1.13. The highest BCUT2D eigenvalue weighted by Crippen LogP contribution is 2.46. The Bertz CT molecular complexity index is 797. The van der Waals surface area contributed by atoms with E-state index in [1.807, 2.05) is 0 Å². The number of methoxy groups -OCH3 is 1. The van der Waals surface area contributed by atoms with Gasteiger partial charge in [0, 0.05) is 0 Å². The summed E-state index contributed by atoms with van der Waals surface area (Å²) in [5.74, 6) is -5.97. The number of hydrogen-bond donors (Lipinski definition) is 0. The molecule has 27 heavy (non-hydrogen) atoms. The molecule has 0 saturated carbocycles. The molecule has 0 amide bonds. The number of rotatable bonds is 4. The molecule has 3 nitrogen and oxygen atoms in total. The minimum atomic E-state index is -5.52. The molecule has 0 saturated heterocycles. The molecule has 0 atom stereocenters. The quantitative estimate of drug-likeness (QED) is 0.498. The highest BCUT2D eigenvalue weighted by atomic mass is 19.4. The lowest BCUT2D eigenvalue weighted by Gasteiger charge is -2.23. The summed E-state index contributed by atoms with van der Waals surface area (Å²) < 4.78 is 99.6. The molecule has 0 aliphatic carbocycles. The largest absolute Gasteiger partial charge is 0.465 e. The first-order chi connectivity index (χ1) is 12.4. The molecule has 2 rings (SSSR count). The summed E-state index contributed by atoms with van der Waals surface area (Å²) in [6, 6.07) is 5.98. The molecule has 2 aromatic rings. The molecule has 0 spiro atoms. The molecular formula is C17H11F7O3. The summed E-state index contributed by atoms with van der Waals surface area (Å²) in [5, 5.41) is 0. The maximum Gasteiger partial charge on any atom is 0.404 e. The Kier molecular flexibility index (Phi) is 5.67. The van der Waals surface area contributed by atoms with Gasteiger partial charge < -0.3 is 9.47 Å². The van der Waals surface area contributed by atoms with Crippen LogP contribution in [0, 0.1) is 5.82 Å². The smallest absolute Gasteiger partial charge is 0.404 e. The number of alkyl halides is 6. The summed E-state index contributed by atoms with van der Waals surface area (Å²) in [6.45, 7) is 0. The number of carbonyl (C=O) groups is 1. The van der Waals surface area contributed by atoms with Gasteiger partial charge in [-0.25, -0.2) is 9.18 Å². The third kappa shape index (κ3) is 4.89. The van der Waals surface area contributed by atoms with Gasteiger partial charge in [0.15, 0.2) is 17.5 Å². The van der Waals surface area contributed by atoms with Crippen molar-refractivity contribution in [2.24, 2.45) is 0 Å². The first-order valence-electron chi connectivity index (χ1n) is 7.22. The monoisotopic (exact) mass is 396 g/mol. The van der Waals surface area contributed by atoms with E-state index in [0.29, 0.717) is 12.1 Å². The Morgan fingerprint density at radius 2 is 1.48 bits per heavy atom. The number of esters is 1. The molecule has 0 N–H and O–H groups in total. The van der Waals surface area contributed by atoms with Crippen LogP contribution in [0.5, 0.6) is 11.5 Å². The van der Waals surface area contributed by atoms with Gasteiger partial charge in [0.2, 0.25) is 0 Å². The Morgan fingerprint density at radius 1 is 0.926 bits per heavy atom. The van der Waals surface area contributed by atoms with Gasteiger partial charge in [0.1, 0.15) is 5.75 Å². The van der Waals surface area contributed by atoms with Crippen LogP contribution in [0.4, 0.5) is 30.7 Å². The van der Waals surface area contributed by atoms with Gasteiger partial charge in [-0.3, -0.25) is 0 Å². The average molecular weight is 396 g/mol. The Balaban J connectivity index is 2.24. The first-order valence-corrected chi connectivity index (χ1v) is 7.22. The number of benzene rings is 2. The predicted octanol–water partition coefficient (Wildman–Crippen LogP) is 5.61. The summed E-state index contributed by atoms with van der Waals surface area (Å²) in [4.78, 5) is 11.3. The third-order valence-corrected chi connectivity index (χ3v) is 3.45. The summed E-state index contributed by atoms with van der Waals surface area (Å²) >= 11 is 0. The molecule has 0 fully saturated rings. The average Bonchev–Trinajstić information content (AvgIpc) is 2.55. The van der Waals surface area contributed by atoms with Gasteiger partial charge in [-0.15, -0.1) is 0 Å². The molecular weight excluding hydrogens is 385 g/mol. The number of halogens is 7. The van der Waals surface area contributed by atoms with Crippen LogP contribution < -0.4 is 4.74 Å². The van der Waals surface area contributed by atoms with Crippen LogP contribution in [0.1, 0.15) is 21.8 Å². The van der Waals surface area contributed by atoms with Crippen LogP contribution in [0.25, 0.3) is 0 Å². The lowest BCUT2D eigenvalue weighted by molar-refractivity contribution is -0.253. The molecule has 0 aromatic heterocycles. The zero-order valence-corrected chi connectivity index (χ0v) is 13.5. The highest BCUT2D eigenvalue weighted by molar-refractivity contribution is 5.89. The number of carbonyl (C=O) groups excluding carboxylic acids is 1. The molecule has 146 valence electrons. The third-order valence-electron chi connectivity index (χ3n) is 3.45. The van der Waals surface area contributed by atoms with Crippen LogP contribution >= 0.6 is 0 Å². The fraction of sp³-hybridized carbons (Fsp3) is 0.235. The normalized spacial score (nSPS) is 12.2. The Hall–Kier alpha value is -2.78. The highest BCUT2D eigenvalue weighted by Gasteiger charge is 2.57. The van der Waals surface area contributed by atoms with Crippen molar-refractivity contribution in [2.45, 2.75) is 18.3 Å². The van der Waals surface area contributed by atoms with E-state index in [2.05, 4.69) is 4.74 Å². The second-order valence-electron chi connectivity index (χ2n) is 5.32. The van der Waals surface area contributed by atoms with E-state index >= 15 is 0 Å². The molecule has 0 aliphatic rings. The van der Waals surface area contributed by atoms with Gasteiger partial charge in [-0.1, -0.05) is 12.1 Å². The van der Waals surface area contributed by atoms with Crippen LogP contribution in [0.15, 0.2) is 42.5 Å². The second kappa shape index (κ2) is 7.45. The van der Waals surface area contributed by atoms with Crippen molar-refractivity contribution in [3.8, 4) is 11.5 Å². The van der Waals surface area contributed by atoms with Crippen molar-refractivity contribution in [1.29, 1.82) is 0 Å². The van der Waals surface area contributed by atoms with Crippen LogP contribution in [0.3, 0.4) is 0 Å². The van der Waals surface area contributed by atoms with E-state index in [0.717, 1.165) is 31.4 Å². The minimum absolute atomic E-state index is 0.101. The Labute approximate surface area is 148 Å². The number of ether oxygens (including phenoxy) is 2.